The van der Waals surface area contributed by atoms with Gasteiger partial charge in [-0.2, -0.15) is 12.6 Å². The highest BCUT2D eigenvalue weighted by Crippen LogP contribution is 2.25. The van der Waals surface area contributed by atoms with Crippen molar-refractivity contribution in [2.24, 2.45) is 0 Å². The Bertz CT molecular complexity index is 436. The van der Waals surface area contributed by atoms with Crippen LogP contribution in [0.15, 0.2) is 54.6 Å². The Hall–Kier alpha value is -1.41. The van der Waals surface area contributed by atoms with Crippen LogP contribution in [0.4, 0.5) is 0 Å². The molecule has 2 heteroatoms. The van der Waals surface area contributed by atoms with Crippen LogP contribution in [-0.4, -0.2) is 5.11 Å². The summed E-state index contributed by atoms with van der Waals surface area (Å²) in [6.45, 7) is 0. The van der Waals surface area contributed by atoms with E-state index >= 15 is 0 Å². The first-order chi connectivity index (χ1) is 7.75. The molecule has 1 N–H and O–H groups in total. The molecular weight excluding hydrogens is 216 g/mol. The molecule has 1 unspecified atom stereocenters. The third-order valence-corrected chi connectivity index (χ3v) is 3.03. The van der Waals surface area contributed by atoms with Crippen molar-refractivity contribution < 1.29 is 5.11 Å². The van der Waals surface area contributed by atoms with E-state index in [4.69, 9.17) is 0 Å². The highest BCUT2D eigenvalue weighted by atomic mass is 32.1. The van der Waals surface area contributed by atoms with Gasteiger partial charge in [0, 0.05) is 5.25 Å². The SMILES string of the molecule is Oc1ccc(C(S)Cc2ccccc2)cc1. The molecular formula is C14H14OS. The summed E-state index contributed by atoms with van der Waals surface area (Å²) in [6, 6.07) is 17.5. The Balaban J connectivity index is 2.09. The molecule has 0 fully saturated rings. The van der Waals surface area contributed by atoms with E-state index in [1.807, 2.05) is 30.3 Å². The quantitative estimate of drug-likeness (QED) is 0.772. The zero-order valence-corrected chi connectivity index (χ0v) is 9.77. The second-order valence-electron chi connectivity index (χ2n) is 3.80. The fourth-order valence-electron chi connectivity index (χ4n) is 1.65. The van der Waals surface area contributed by atoms with E-state index in [1.54, 1.807) is 12.1 Å². The van der Waals surface area contributed by atoms with Crippen molar-refractivity contribution in [3.8, 4) is 5.75 Å². The summed E-state index contributed by atoms with van der Waals surface area (Å²) in [6.07, 6.45) is 0.898. The molecule has 0 aromatic heterocycles. The second-order valence-corrected chi connectivity index (χ2v) is 4.42. The molecule has 2 rings (SSSR count). The Morgan fingerprint density at radius 3 is 2.19 bits per heavy atom. The first kappa shape index (κ1) is 11.1. The van der Waals surface area contributed by atoms with Crippen LogP contribution >= 0.6 is 12.6 Å². The topological polar surface area (TPSA) is 20.2 Å². The fraction of sp³-hybridized carbons (Fsp3) is 0.143. The Labute approximate surface area is 101 Å². The molecule has 0 heterocycles. The molecule has 0 saturated carbocycles. The molecule has 0 aliphatic heterocycles. The molecule has 0 radical (unpaired) electrons. The van der Waals surface area contributed by atoms with Gasteiger partial charge in [0.15, 0.2) is 0 Å². The normalized spacial score (nSPS) is 12.3. The predicted molar refractivity (Wildman–Crippen MR) is 70.0 cm³/mol. The molecule has 0 amide bonds. The summed E-state index contributed by atoms with van der Waals surface area (Å²) in [5.74, 6) is 0.295. The first-order valence-corrected chi connectivity index (χ1v) is 5.78. The largest absolute Gasteiger partial charge is 0.508 e. The first-order valence-electron chi connectivity index (χ1n) is 5.26. The van der Waals surface area contributed by atoms with E-state index in [2.05, 4.69) is 24.8 Å². The van der Waals surface area contributed by atoms with E-state index in [9.17, 15) is 5.11 Å². The van der Waals surface area contributed by atoms with Crippen molar-refractivity contribution in [3.63, 3.8) is 0 Å². The maximum atomic E-state index is 9.20. The number of benzene rings is 2. The average molecular weight is 230 g/mol. The Morgan fingerprint density at radius 1 is 0.938 bits per heavy atom. The molecule has 1 nitrogen and oxygen atoms in total. The van der Waals surface area contributed by atoms with Crippen LogP contribution in [0.3, 0.4) is 0 Å². The maximum Gasteiger partial charge on any atom is 0.115 e. The molecule has 2 aromatic rings. The standard InChI is InChI=1S/C14H14OS/c15-13-8-6-12(7-9-13)14(16)10-11-4-2-1-3-5-11/h1-9,14-16H,10H2. The minimum absolute atomic E-state index is 0.169. The van der Waals surface area contributed by atoms with Crippen molar-refractivity contribution in [1.82, 2.24) is 0 Å². The van der Waals surface area contributed by atoms with Gasteiger partial charge in [-0.3, -0.25) is 0 Å². The lowest BCUT2D eigenvalue weighted by Crippen LogP contribution is -1.95. The number of phenols is 1. The Kier molecular flexibility index (Phi) is 3.52. The molecule has 0 saturated heterocycles. The number of thiol groups is 1. The molecule has 0 aliphatic carbocycles. The lowest BCUT2D eigenvalue weighted by Gasteiger charge is -2.11. The number of hydrogen-bond acceptors (Lipinski definition) is 2. The zero-order valence-electron chi connectivity index (χ0n) is 8.88. The van der Waals surface area contributed by atoms with Crippen LogP contribution in [0, 0.1) is 0 Å². The fourth-order valence-corrected chi connectivity index (χ4v) is 2.03. The molecule has 2 aromatic carbocycles. The van der Waals surface area contributed by atoms with E-state index in [1.165, 1.54) is 5.56 Å². The van der Waals surface area contributed by atoms with Gasteiger partial charge >= 0.3 is 0 Å². The van der Waals surface area contributed by atoms with Gasteiger partial charge in [-0.25, -0.2) is 0 Å². The van der Waals surface area contributed by atoms with Crippen LogP contribution < -0.4 is 0 Å². The molecule has 1 atom stereocenters. The highest BCUT2D eigenvalue weighted by molar-refractivity contribution is 7.80. The van der Waals surface area contributed by atoms with Crippen LogP contribution in [-0.2, 0) is 6.42 Å². The van der Waals surface area contributed by atoms with Gasteiger partial charge in [0.05, 0.1) is 0 Å². The third-order valence-electron chi connectivity index (χ3n) is 2.55. The number of rotatable bonds is 3. The molecule has 82 valence electrons. The van der Waals surface area contributed by atoms with Crippen LogP contribution in [0.25, 0.3) is 0 Å². The number of aromatic hydroxyl groups is 1. The van der Waals surface area contributed by atoms with Gasteiger partial charge in [0.1, 0.15) is 5.75 Å². The van der Waals surface area contributed by atoms with E-state index < -0.39 is 0 Å². The minimum atomic E-state index is 0.169. The maximum absolute atomic E-state index is 9.20. The van der Waals surface area contributed by atoms with Crippen LogP contribution in [0.2, 0.25) is 0 Å². The smallest absolute Gasteiger partial charge is 0.115 e. The average Bonchev–Trinajstić information content (AvgIpc) is 2.31. The minimum Gasteiger partial charge on any atom is -0.508 e. The predicted octanol–water partition coefficient (Wildman–Crippen LogP) is 3.61. The lowest BCUT2D eigenvalue weighted by molar-refractivity contribution is 0.475. The van der Waals surface area contributed by atoms with Crippen LogP contribution in [0.1, 0.15) is 16.4 Å². The zero-order chi connectivity index (χ0) is 11.4. The third kappa shape index (κ3) is 2.80. The summed E-state index contributed by atoms with van der Waals surface area (Å²) in [5.41, 5.74) is 2.40. The molecule has 0 aliphatic rings. The van der Waals surface area contributed by atoms with Gasteiger partial charge in [-0.15, -0.1) is 0 Å². The van der Waals surface area contributed by atoms with E-state index in [0.717, 1.165) is 12.0 Å². The summed E-state index contributed by atoms with van der Waals surface area (Å²) < 4.78 is 0. The summed E-state index contributed by atoms with van der Waals surface area (Å²) >= 11 is 4.58. The number of phenolic OH excluding ortho intramolecular Hbond substituents is 1. The summed E-state index contributed by atoms with van der Waals surface area (Å²) in [5, 5.41) is 9.37. The second kappa shape index (κ2) is 5.08. The van der Waals surface area contributed by atoms with Gasteiger partial charge in [0.2, 0.25) is 0 Å². The number of hydrogen-bond donors (Lipinski definition) is 2. The van der Waals surface area contributed by atoms with Crippen molar-refractivity contribution >= 4 is 12.6 Å². The van der Waals surface area contributed by atoms with E-state index in [0.29, 0.717) is 5.75 Å². The highest BCUT2D eigenvalue weighted by Gasteiger charge is 2.06. The monoisotopic (exact) mass is 230 g/mol. The van der Waals surface area contributed by atoms with Crippen LogP contribution in [0.5, 0.6) is 5.75 Å². The molecule has 16 heavy (non-hydrogen) atoms. The summed E-state index contributed by atoms with van der Waals surface area (Å²) in [4.78, 5) is 0. The van der Waals surface area contributed by atoms with Gasteiger partial charge in [0.25, 0.3) is 0 Å². The van der Waals surface area contributed by atoms with Gasteiger partial charge < -0.3 is 5.11 Å². The van der Waals surface area contributed by atoms with Gasteiger partial charge in [-0.1, -0.05) is 42.5 Å². The van der Waals surface area contributed by atoms with E-state index in [-0.39, 0.29) is 5.25 Å². The van der Waals surface area contributed by atoms with Crippen molar-refractivity contribution in [2.45, 2.75) is 11.7 Å². The van der Waals surface area contributed by atoms with Crippen molar-refractivity contribution in [2.75, 3.05) is 0 Å². The lowest BCUT2D eigenvalue weighted by atomic mass is 10.0. The summed E-state index contributed by atoms with van der Waals surface area (Å²) in [7, 11) is 0. The van der Waals surface area contributed by atoms with Gasteiger partial charge in [-0.05, 0) is 29.7 Å². The van der Waals surface area contributed by atoms with Crippen molar-refractivity contribution in [3.05, 3.63) is 65.7 Å². The molecule has 0 bridgehead atoms. The molecule has 0 spiro atoms. The van der Waals surface area contributed by atoms with Crippen molar-refractivity contribution in [1.29, 1.82) is 0 Å². The Morgan fingerprint density at radius 2 is 1.56 bits per heavy atom.